The fourth-order valence-electron chi connectivity index (χ4n) is 3.65. The fraction of sp³-hybridized carbons (Fsp3) is 0.321. The lowest BCUT2D eigenvalue weighted by molar-refractivity contribution is 0.0523. The zero-order valence-corrected chi connectivity index (χ0v) is 22.8. The summed E-state index contributed by atoms with van der Waals surface area (Å²) in [5, 5.41) is 3.10. The standard InChI is InChI=1S/C28H31ClN2O4S/c1-6-36-17-18-11-12-20(26(33)21-9-7-8-10-24(21)29)22(13-18)23-16-31(5)25(32)14-19(23)15-30-27(34)35-28(2,3)4/h7-14,16H,6,15,17H2,1-5H3,(H,30,34). The summed E-state index contributed by atoms with van der Waals surface area (Å²) >= 11 is 8.12. The van der Waals surface area contributed by atoms with Crippen molar-refractivity contribution >= 4 is 35.2 Å². The predicted octanol–water partition coefficient (Wildman–Crippen LogP) is 6.21. The molecule has 0 aliphatic rings. The maximum Gasteiger partial charge on any atom is 0.407 e. The fourth-order valence-corrected chi connectivity index (χ4v) is 4.49. The topological polar surface area (TPSA) is 77.4 Å². The molecule has 0 aliphatic heterocycles. The highest BCUT2D eigenvalue weighted by molar-refractivity contribution is 7.98. The Kier molecular flexibility index (Phi) is 9.03. The van der Waals surface area contributed by atoms with Gasteiger partial charge in [0, 0.05) is 48.3 Å². The Bertz CT molecular complexity index is 1330. The van der Waals surface area contributed by atoms with E-state index in [0.717, 1.165) is 17.1 Å². The molecule has 1 N–H and O–H groups in total. The number of nitrogens with one attached hydrogen (secondary N) is 1. The van der Waals surface area contributed by atoms with Crippen molar-refractivity contribution in [2.24, 2.45) is 7.05 Å². The van der Waals surface area contributed by atoms with Crippen LogP contribution in [0.25, 0.3) is 11.1 Å². The molecule has 36 heavy (non-hydrogen) atoms. The van der Waals surface area contributed by atoms with Crippen molar-refractivity contribution in [2.75, 3.05) is 5.75 Å². The second-order valence-corrected chi connectivity index (χ2v) is 11.0. The van der Waals surface area contributed by atoms with Crippen molar-refractivity contribution in [1.29, 1.82) is 0 Å². The molecule has 0 saturated carbocycles. The average molecular weight is 527 g/mol. The summed E-state index contributed by atoms with van der Waals surface area (Å²) in [5.41, 5.74) is 2.96. The summed E-state index contributed by atoms with van der Waals surface area (Å²) in [6.07, 6.45) is 1.11. The Morgan fingerprint density at radius 3 is 2.44 bits per heavy atom. The van der Waals surface area contributed by atoms with E-state index in [0.29, 0.717) is 32.8 Å². The predicted molar refractivity (Wildman–Crippen MR) is 147 cm³/mol. The van der Waals surface area contributed by atoms with Gasteiger partial charge in [0.25, 0.3) is 5.56 Å². The van der Waals surface area contributed by atoms with Crippen LogP contribution in [0.1, 0.15) is 54.7 Å². The Balaban J connectivity index is 2.13. The van der Waals surface area contributed by atoms with Crippen LogP contribution >= 0.6 is 23.4 Å². The Labute approximate surface area is 221 Å². The van der Waals surface area contributed by atoms with Crippen LogP contribution in [-0.2, 0) is 24.1 Å². The Morgan fingerprint density at radius 2 is 1.78 bits per heavy atom. The quantitative estimate of drug-likeness (QED) is 0.353. The highest BCUT2D eigenvalue weighted by atomic mass is 35.5. The van der Waals surface area contributed by atoms with E-state index < -0.39 is 11.7 Å². The lowest BCUT2D eigenvalue weighted by Gasteiger charge is -2.20. The molecule has 3 rings (SSSR count). The molecule has 0 saturated heterocycles. The van der Waals surface area contributed by atoms with Crippen LogP contribution in [0, 0.1) is 0 Å². The molecule has 2 aromatic carbocycles. The Morgan fingerprint density at radius 1 is 1.06 bits per heavy atom. The molecular weight excluding hydrogens is 496 g/mol. The Hall–Kier alpha value is -3.03. The third kappa shape index (κ3) is 7.02. The van der Waals surface area contributed by atoms with Crippen LogP contribution < -0.4 is 10.9 Å². The number of ether oxygens (including phenoxy) is 1. The van der Waals surface area contributed by atoms with Crippen molar-refractivity contribution in [3.63, 3.8) is 0 Å². The number of aromatic nitrogens is 1. The molecule has 1 aromatic heterocycles. The molecule has 3 aromatic rings. The number of rotatable bonds is 8. The lowest BCUT2D eigenvalue weighted by Crippen LogP contribution is -2.32. The molecule has 0 fully saturated rings. The smallest absolute Gasteiger partial charge is 0.407 e. The minimum atomic E-state index is -0.653. The van der Waals surface area contributed by atoms with Crippen LogP contribution in [0.15, 0.2) is 59.5 Å². The maximum absolute atomic E-state index is 13.6. The number of ketones is 1. The van der Waals surface area contributed by atoms with Crippen molar-refractivity contribution < 1.29 is 14.3 Å². The first-order chi connectivity index (χ1) is 17.0. The van der Waals surface area contributed by atoms with Crippen LogP contribution in [0.5, 0.6) is 0 Å². The summed E-state index contributed by atoms with van der Waals surface area (Å²) in [4.78, 5) is 38.5. The molecule has 6 nitrogen and oxygen atoms in total. The third-order valence-electron chi connectivity index (χ3n) is 5.35. The van der Waals surface area contributed by atoms with Gasteiger partial charge >= 0.3 is 6.09 Å². The molecule has 0 aliphatic carbocycles. The van der Waals surface area contributed by atoms with E-state index in [4.69, 9.17) is 16.3 Å². The van der Waals surface area contributed by atoms with Crippen LogP contribution in [0.3, 0.4) is 0 Å². The van der Waals surface area contributed by atoms with Gasteiger partial charge in [-0.05, 0) is 61.4 Å². The van der Waals surface area contributed by atoms with Crippen molar-refractivity contribution in [3.05, 3.63) is 92.4 Å². The van der Waals surface area contributed by atoms with Gasteiger partial charge in [0.15, 0.2) is 5.78 Å². The molecule has 1 heterocycles. The van der Waals surface area contributed by atoms with Crippen LogP contribution in [0.2, 0.25) is 5.02 Å². The second kappa shape index (κ2) is 11.8. The first kappa shape index (κ1) is 27.6. The van der Waals surface area contributed by atoms with E-state index in [1.807, 2.05) is 18.2 Å². The monoisotopic (exact) mass is 526 g/mol. The molecule has 0 spiro atoms. The van der Waals surface area contributed by atoms with E-state index >= 15 is 0 Å². The highest BCUT2D eigenvalue weighted by Crippen LogP contribution is 2.32. The number of carbonyl (C=O) groups is 2. The van der Waals surface area contributed by atoms with E-state index in [2.05, 4.69) is 12.2 Å². The number of aryl methyl sites for hydroxylation is 1. The largest absolute Gasteiger partial charge is 0.444 e. The van der Waals surface area contributed by atoms with Crippen molar-refractivity contribution in [2.45, 2.75) is 45.6 Å². The number of hydrogen-bond acceptors (Lipinski definition) is 5. The maximum atomic E-state index is 13.6. The lowest BCUT2D eigenvalue weighted by atomic mass is 9.91. The minimum Gasteiger partial charge on any atom is -0.444 e. The van der Waals surface area contributed by atoms with Crippen LogP contribution in [-0.4, -0.2) is 27.8 Å². The number of alkyl carbamates (subject to hydrolysis) is 1. The number of halogens is 1. The van der Waals surface area contributed by atoms with Gasteiger partial charge in [-0.1, -0.05) is 42.8 Å². The zero-order valence-electron chi connectivity index (χ0n) is 21.2. The number of carbonyl (C=O) groups excluding carboxylic acids is 2. The molecule has 0 unspecified atom stereocenters. The van der Waals surface area contributed by atoms with E-state index in [1.165, 1.54) is 10.6 Å². The summed E-state index contributed by atoms with van der Waals surface area (Å²) in [7, 11) is 1.66. The van der Waals surface area contributed by atoms with Gasteiger partial charge in [-0.2, -0.15) is 11.8 Å². The summed E-state index contributed by atoms with van der Waals surface area (Å²) in [6, 6.07) is 14.1. The van der Waals surface area contributed by atoms with Gasteiger partial charge in [-0.3, -0.25) is 9.59 Å². The highest BCUT2D eigenvalue weighted by Gasteiger charge is 2.21. The van der Waals surface area contributed by atoms with Crippen molar-refractivity contribution in [3.8, 4) is 11.1 Å². The number of pyridine rings is 1. The van der Waals surface area contributed by atoms with Gasteiger partial charge in [-0.15, -0.1) is 0 Å². The van der Waals surface area contributed by atoms with E-state index in [9.17, 15) is 14.4 Å². The number of hydrogen-bond donors (Lipinski definition) is 1. The number of benzene rings is 2. The van der Waals surface area contributed by atoms with Gasteiger partial charge in [0.2, 0.25) is 0 Å². The SMILES string of the molecule is CCSCc1ccc(C(=O)c2ccccc2Cl)c(-c2cn(C)c(=O)cc2CNC(=O)OC(C)(C)C)c1. The minimum absolute atomic E-state index is 0.0635. The van der Waals surface area contributed by atoms with Crippen LogP contribution in [0.4, 0.5) is 4.79 Å². The van der Waals surface area contributed by atoms with Gasteiger partial charge in [0.1, 0.15) is 5.60 Å². The first-order valence-corrected chi connectivity index (χ1v) is 13.2. The van der Waals surface area contributed by atoms with E-state index in [1.54, 1.807) is 70.0 Å². The van der Waals surface area contributed by atoms with Gasteiger partial charge in [0.05, 0.1) is 5.02 Å². The third-order valence-corrected chi connectivity index (χ3v) is 6.62. The molecule has 190 valence electrons. The summed E-state index contributed by atoms with van der Waals surface area (Å²) in [6.45, 7) is 7.50. The second-order valence-electron chi connectivity index (χ2n) is 9.34. The molecule has 0 atom stereocenters. The summed E-state index contributed by atoms with van der Waals surface area (Å²) < 4.78 is 6.81. The number of nitrogens with zero attached hydrogens (tertiary/aromatic N) is 1. The number of amides is 1. The molecule has 0 bridgehead atoms. The first-order valence-electron chi connectivity index (χ1n) is 11.7. The molecule has 0 radical (unpaired) electrons. The summed E-state index contributed by atoms with van der Waals surface area (Å²) in [5.74, 6) is 1.52. The normalized spacial score (nSPS) is 11.3. The average Bonchev–Trinajstić information content (AvgIpc) is 2.82. The number of thioether (sulfide) groups is 1. The van der Waals surface area contributed by atoms with E-state index in [-0.39, 0.29) is 17.9 Å². The zero-order chi connectivity index (χ0) is 26.5. The molecule has 1 amide bonds. The molecular formula is C28H31ClN2O4S. The van der Waals surface area contributed by atoms with Gasteiger partial charge in [-0.25, -0.2) is 4.79 Å². The van der Waals surface area contributed by atoms with Gasteiger partial charge < -0.3 is 14.6 Å². The molecule has 8 heteroatoms. The van der Waals surface area contributed by atoms with Crippen molar-refractivity contribution in [1.82, 2.24) is 9.88 Å².